The Balaban J connectivity index is 1.38. The quantitative estimate of drug-likeness (QED) is 0.129. The van der Waals surface area contributed by atoms with Crippen molar-refractivity contribution in [1.29, 1.82) is 0 Å². The number of aliphatic hydroxyl groups is 1. The molecule has 0 radical (unpaired) electrons. The lowest BCUT2D eigenvalue weighted by Gasteiger charge is -2.29. The highest BCUT2D eigenvalue weighted by atomic mass is 35.5. The monoisotopic (exact) mass is 729 g/mol. The number of aliphatic hydroxyl groups excluding tert-OH is 1. The summed E-state index contributed by atoms with van der Waals surface area (Å²) in [6.45, 7) is 8.66. The predicted molar refractivity (Wildman–Crippen MR) is 198 cm³/mol. The molecule has 0 aliphatic carbocycles. The molecule has 52 heavy (non-hydrogen) atoms. The highest BCUT2D eigenvalue weighted by Crippen LogP contribution is 2.38. The first-order chi connectivity index (χ1) is 24.9. The van der Waals surface area contributed by atoms with Gasteiger partial charge < -0.3 is 35.4 Å². The zero-order valence-electron chi connectivity index (χ0n) is 30.0. The van der Waals surface area contributed by atoms with E-state index in [0.29, 0.717) is 65.0 Å². The van der Waals surface area contributed by atoms with Gasteiger partial charge in [0.2, 0.25) is 11.8 Å². The number of benzene rings is 1. The van der Waals surface area contributed by atoms with E-state index in [1.807, 2.05) is 31.2 Å². The van der Waals surface area contributed by atoms with Crippen LogP contribution in [0.25, 0.3) is 22.5 Å². The van der Waals surface area contributed by atoms with Crippen LogP contribution in [-0.4, -0.2) is 81.3 Å². The van der Waals surface area contributed by atoms with Gasteiger partial charge in [0, 0.05) is 66.9 Å². The van der Waals surface area contributed by atoms with Gasteiger partial charge in [-0.25, -0.2) is 9.78 Å². The molecule has 0 saturated carbocycles. The Kier molecular flexibility index (Phi) is 12.4. The summed E-state index contributed by atoms with van der Waals surface area (Å²) in [7, 11) is 1.51. The number of carbonyl (C=O) groups excluding carboxylic acids is 3. The zero-order chi connectivity index (χ0) is 37.4. The van der Waals surface area contributed by atoms with E-state index in [1.165, 1.54) is 7.11 Å². The summed E-state index contributed by atoms with van der Waals surface area (Å²) in [4.78, 5) is 53.5. The van der Waals surface area contributed by atoms with Crippen LogP contribution in [0.1, 0.15) is 60.8 Å². The Bertz CT molecular complexity index is 1930. The van der Waals surface area contributed by atoms with E-state index in [2.05, 4.69) is 25.9 Å². The van der Waals surface area contributed by atoms with E-state index in [0.717, 1.165) is 16.7 Å². The van der Waals surface area contributed by atoms with Crippen molar-refractivity contribution in [2.45, 2.75) is 65.3 Å². The molecule has 4 heterocycles. The molecule has 1 atom stereocenters. The SMILES string of the molecule is COc1nc(-c2ccnc(-c3cccc(NC(=O)c4cc(CNCCO)ccn4)c3C)c2Cl)ccc1CN(C[C@@H]1CCC(=O)N1)C(=O)OC(C)(C)C. The number of hydrogen-bond acceptors (Lipinski definition) is 10. The van der Waals surface area contributed by atoms with Gasteiger partial charge in [-0.05, 0) is 81.6 Å². The van der Waals surface area contributed by atoms with Gasteiger partial charge in [-0.2, -0.15) is 0 Å². The van der Waals surface area contributed by atoms with E-state index in [1.54, 1.807) is 62.3 Å². The number of amides is 3. The van der Waals surface area contributed by atoms with Crippen LogP contribution in [0, 0.1) is 6.92 Å². The molecule has 1 aliphatic rings. The summed E-state index contributed by atoms with van der Waals surface area (Å²) in [5.41, 5.74) is 4.75. The molecule has 3 amide bonds. The number of halogens is 1. The Labute approximate surface area is 308 Å². The summed E-state index contributed by atoms with van der Waals surface area (Å²) < 4.78 is 11.4. The standard InChI is InChI=1S/C38H44ClN7O6/c1-23-27(7-6-8-29(23)44-35(49)31-19-24(13-15-41-31)20-40-17-18-47)34-33(39)28(14-16-42-34)30-11-9-25(36(45-30)51-5)21-46(37(50)52-38(2,3)4)22-26-10-12-32(48)43-26/h6-9,11,13-16,19,26,40,47H,10,12,17-18,20-22H2,1-5H3,(H,43,48)(H,44,49)/t26-/m0/s1. The molecule has 0 spiro atoms. The van der Waals surface area contributed by atoms with Crippen LogP contribution in [0.2, 0.25) is 5.02 Å². The molecule has 14 heteroatoms. The van der Waals surface area contributed by atoms with E-state index < -0.39 is 11.7 Å². The van der Waals surface area contributed by atoms with Gasteiger partial charge in [-0.15, -0.1) is 0 Å². The molecule has 3 aromatic heterocycles. The number of hydrogen-bond donors (Lipinski definition) is 4. The van der Waals surface area contributed by atoms with Crippen molar-refractivity contribution in [3.05, 3.63) is 88.3 Å². The molecule has 1 aliphatic heterocycles. The van der Waals surface area contributed by atoms with Crippen LogP contribution in [0.15, 0.2) is 60.9 Å². The molecule has 0 unspecified atom stereocenters. The Morgan fingerprint density at radius 1 is 1.10 bits per heavy atom. The van der Waals surface area contributed by atoms with Crippen molar-refractivity contribution in [3.63, 3.8) is 0 Å². The molecule has 5 rings (SSSR count). The zero-order valence-corrected chi connectivity index (χ0v) is 30.7. The third-order valence-electron chi connectivity index (χ3n) is 8.35. The van der Waals surface area contributed by atoms with Gasteiger partial charge in [0.15, 0.2) is 0 Å². The van der Waals surface area contributed by atoms with E-state index in [4.69, 9.17) is 31.2 Å². The lowest BCUT2D eigenvalue weighted by molar-refractivity contribution is -0.119. The van der Waals surface area contributed by atoms with Crippen LogP contribution >= 0.6 is 11.6 Å². The van der Waals surface area contributed by atoms with Crippen LogP contribution < -0.4 is 20.7 Å². The maximum absolute atomic E-state index is 13.2. The molecular formula is C38H44ClN7O6. The lowest BCUT2D eigenvalue weighted by atomic mass is 10.0. The highest BCUT2D eigenvalue weighted by molar-refractivity contribution is 6.35. The lowest BCUT2D eigenvalue weighted by Crippen LogP contribution is -2.43. The first kappa shape index (κ1) is 38.1. The number of aromatic nitrogens is 3. The van der Waals surface area contributed by atoms with E-state index in [9.17, 15) is 14.4 Å². The summed E-state index contributed by atoms with van der Waals surface area (Å²) in [6.07, 6.45) is 3.75. The molecule has 0 bridgehead atoms. The number of anilines is 1. The first-order valence-electron chi connectivity index (χ1n) is 17.0. The second-order valence-corrected chi connectivity index (χ2v) is 13.8. The second-order valence-electron chi connectivity index (χ2n) is 13.4. The molecule has 4 N–H and O–H groups in total. The number of methoxy groups -OCH3 is 1. The van der Waals surface area contributed by atoms with Gasteiger partial charge >= 0.3 is 6.09 Å². The van der Waals surface area contributed by atoms with Crippen molar-refractivity contribution in [2.75, 3.05) is 32.1 Å². The molecule has 274 valence electrons. The number of nitrogens with one attached hydrogen (secondary N) is 3. The van der Waals surface area contributed by atoms with Crippen LogP contribution in [0.4, 0.5) is 10.5 Å². The molecule has 1 fully saturated rings. The topological polar surface area (TPSA) is 168 Å². The van der Waals surface area contributed by atoms with E-state index in [-0.39, 0.29) is 43.2 Å². The summed E-state index contributed by atoms with van der Waals surface area (Å²) in [5, 5.41) is 18.4. The van der Waals surface area contributed by atoms with Gasteiger partial charge in [-0.1, -0.05) is 23.7 Å². The van der Waals surface area contributed by atoms with Crippen molar-refractivity contribution in [1.82, 2.24) is 30.5 Å². The fraction of sp³-hybridized carbons (Fsp3) is 0.368. The molecule has 1 saturated heterocycles. The average molecular weight is 730 g/mol. The van der Waals surface area contributed by atoms with Gasteiger partial charge in [0.25, 0.3) is 5.91 Å². The minimum Gasteiger partial charge on any atom is -0.481 e. The summed E-state index contributed by atoms with van der Waals surface area (Å²) >= 11 is 7.04. The smallest absolute Gasteiger partial charge is 0.410 e. The van der Waals surface area contributed by atoms with Crippen LogP contribution in [0.3, 0.4) is 0 Å². The highest BCUT2D eigenvalue weighted by Gasteiger charge is 2.29. The largest absolute Gasteiger partial charge is 0.481 e. The van der Waals surface area contributed by atoms with Crippen LogP contribution in [0.5, 0.6) is 5.88 Å². The minimum absolute atomic E-state index is 0.0210. The first-order valence-corrected chi connectivity index (χ1v) is 17.4. The molecular weight excluding hydrogens is 686 g/mol. The Morgan fingerprint density at radius 3 is 2.60 bits per heavy atom. The molecule has 1 aromatic carbocycles. The third kappa shape index (κ3) is 9.60. The third-order valence-corrected chi connectivity index (χ3v) is 8.73. The Hall–Kier alpha value is -5.11. The fourth-order valence-corrected chi connectivity index (χ4v) is 6.11. The van der Waals surface area contributed by atoms with Crippen molar-refractivity contribution in [3.8, 4) is 28.4 Å². The van der Waals surface area contributed by atoms with Crippen molar-refractivity contribution < 1.29 is 29.0 Å². The van der Waals surface area contributed by atoms with Gasteiger partial charge in [0.1, 0.15) is 11.3 Å². The van der Waals surface area contributed by atoms with Gasteiger partial charge in [-0.3, -0.25) is 19.6 Å². The van der Waals surface area contributed by atoms with Gasteiger partial charge in [0.05, 0.1) is 36.7 Å². The second kappa shape index (κ2) is 16.9. The summed E-state index contributed by atoms with van der Waals surface area (Å²) in [6, 6.07) is 14.2. The molecule has 4 aromatic rings. The summed E-state index contributed by atoms with van der Waals surface area (Å²) in [5.74, 6) is -0.106. The van der Waals surface area contributed by atoms with Crippen LogP contribution in [-0.2, 0) is 22.6 Å². The number of rotatable bonds is 13. The number of nitrogens with zero attached hydrogens (tertiary/aromatic N) is 4. The molecule has 13 nitrogen and oxygen atoms in total. The van der Waals surface area contributed by atoms with Crippen molar-refractivity contribution in [2.24, 2.45) is 0 Å². The fourth-order valence-electron chi connectivity index (χ4n) is 5.80. The average Bonchev–Trinajstić information content (AvgIpc) is 3.53. The minimum atomic E-state index is -0.706. The Morgan fingerprint density at radius 2 is 1.88 bits per heavy atom. The number of carbonyl (C=O) groups is 3. The number of pyridine rings is 3. The van der Waals surface area contributed by atoms with Crippen molar-refractivity contribution >= 4 is 35.2 Å². The van der Waals surface area contributed by atoms with E-state index >= 15 is 0 Å². The maximum atomic E-state index is 13.2. The number of ether oxygens (including phenoxy) is 2. The predicted octanol–water partition coefficient (Wildman–Crippen LogP) is 5.53. The normalized spacial score (nSPS) is 14.1. The maximum Gasteiger partial charge on any atom is 0.410 e.